The van der Waals surface area contributed by atoms with Crippen LogP contribution in [0.2, 0.25) is 0 Å². The van der Waals surface area contributed by atoms with Crippen molar-refractivity contribution in [1.29, 1.82) is 0 Å². The van der Waals surface area contributed by atoms with Gasteiger partial charge in [0.15, 0.2) is 0 Å². The number of hydrogen-bond donors (Lipinski definition) is 0. The van der Waals surface area contributed by atoms with Gasteiger partial charge in [0, 0.05) is 10.7 Å². The van der Waals surface area contributed by atoms with Crippen LogP contribution in [-0.2, 0) is 6.54 Å². The summed E-state index contributed by atoms with van der Waals surface area (Å²) in [6.07, 6.45) is 1.70. The van der Waals surface area contributed by atoms with Crippen LogP contribution in [0.15, 0.2) is 50.3 Å². The largest absolute Gasteiger partial charge is 0.310 e. The molecule has 0 radical (unpaired) electrons. The predicted octanol–water partition coefficient (Wildman–Crippen LogP) is 3.56. The topological polar surface area (TPSA) is 22.0 Å². The van der Waals surface area contributed by atoms with Crippen LogP contribution in [0.3, 0.4) is 0 Å². The summed E-state index contributed by atoms with van der Waals surface area (Å²) in [7, 11) is 0. The monoisotopic (exact) mass is 359 g/mol. The van der Waals surface area contributed by atoms with Gasteiger partial charge in [0.25, 0.3) is 5.56 Å². The van der Waals surface area contributed by atoms with Crippen molar-refractivity contribution in [2.24, 2.45) is 0 Å². The molecule has 0 aliphatic heterocycles. The number of nitrogens with zero attached hydrogens (tertiary/aromatic N) is 1. The molecule has 2 nitrogen and oxygen atoms in total. The molecule has 0 aliphatic carbocycles. The van der Waals surface area contributed by atoms with Gasteiger partial charge in [-0.1, -0.05) is 22.0 Å². The summed E-state index contributed by atoms with van der Waals surface area (Å²) in [5.74, 6) is -0.304. The molecule has 88 valence electrons. The van der Waals surface area contributed by atoms with E-state index < -0.39 is 0 Å². The van der Waals surface area contributed by atoms with Gasteiger partial charge in [-0.15, -0.1) is 0 Å². The second-order valence-corrected chi connectivity index (χ2v) is 5.23. The lowest BCUT2D eigenvalue weighted by molar-refractivity contribution is 0.624. The highest BCUT2D eigenvalue weighted by Gasteiger charge is 2.05. The smallest absolute Gasteiger partial charge is 0.265 e. The second kappa shape index (κ2) is 5.14. The van der Waals surface area contributed by atoms with Gasteiger partial charge in [0.1, 0.15) is 5.82 Å². The fourth-order valence-corrected chi connectivity index (χ4v) is 2.32. The van der Waals surface area contributed by atoms with Gasteiger partial charge in [-0.3, -0.25) is 4.79 Å². The zero-order valence-corrected chi connectivity index (χ0v) is 11.8. The van der Waals surface area contributed by atoms with E-state index in [4.69, 9.17) is 0 Å². The normalized spacial score (nSPS) is 10.5. The molecule has 0 aliphatic rings. The zero-order chi connectivity index (χ0) is 12.4. The molecular weight excluding hydrogens is 353 g/mol. The van der Waals surface area contributed by atoms with E-state index in [1.165, 1.54) is 12.1 Å². The highest BCUT2D eigenvalue weighted by molar-refractivity contribution is 9.10. The third-order valence-corrected chi connectivity index (χ3v) is 3.67. The fourth-order valence-electron chi connectivity index (χ4n) is 1.47. The molecule has 1 heterocycles. The summed E-state index contributed by atoms with van der Waals surface area (Å²) in [6.45, 7) is 0.402. The van der Waals surface area contributed by atoms with E-state index in [9.17, 15) is 9.18 Å². The molecule has 1 aromatic carbocycles. The minimum Gasteiger partial charge on any atom is -0.310 e. The van der Waals surface area contributed by atoms with Gasteiger partial charge >= 0.3 is 0 Å². The lowest BCUT2D eigenvalue weighted by Gasteiger charge is -2.08. The Hall–Kier alpha value is -0.940. The molecular formula is C12H8Br2FNO. The Kier molecular flexibility index (Phi) is 3.79. The van der Waals surface area contributed by atoms with Gasteiger partial charge < -0.3 is 4.57 Å². The van der Waals surface area contributed by atoms with Crippen molar-refractivity contribution in [3.63, 3.8) is 0 Å². The fraction of sp³-hybridized carbons (Fsp3) is 0.0833. The van der Waals surface area contributed by atoms with Crippen LogP contribution in [0.5, 0.6) is 0 Å². The molecule has 2 aromatic rings. The lowest BCUT2D eigenvalue weighted by atomic mass is 10.2. The van der Waals surface area contributed by atoms with Crippen LogP contribution < -0.4 is 5.56 Å². The Morgan fingerprint density at radius 2 is 1.94 bits per heavy atom. The standard InChI is InChI=1S/C12H8Br2FNO/c13-10-2-1-5-16(12(10)17)7-8-3-4-9(15)6-11(8)14/h1-6H,7H2. The summed E-state index contributed by atoms with van der Waals surface area (Å²) in [4.78, 5) is 11.8. The molecule has 0 fully saturated rings. The van der Waals surface area contributed by atoms with E-state index in [0.717, 1.165) is 5.56 Å². The number of halogens is 3. The van der Waals surface area contributed by atoms with Crippen LogP contribution in [0.4, 0.5) is 4.39 Å². The van der Waals surface area contributed by atoms with E-state index in [-0.39, 0.29) is 11.4 Å². The average molecular weight is 361 g/mol. The minimum absolute atomic E-state index is 0.108. The van der Waals surface area contributed by atoms with Crippen molar-refractivity contribution in [2.45, 2.75) is 6.54 Å². The minimum atomic E-state index is -0.304. The van der Waals surface area contributed by atoms with Crippen LogP contribution >= 0.6 is 31.9 Å². The van der Waals surface area contributed by atoms with Gasteiger partial charge in [-0.2, -0.15) is 0 Å². The first-order chi connectivity index (χ1) is 8.08. The number of aromatic nitrogens is 1. The summed E-state index contributed by atoms with van der Waals surface area (Å²) in [6, 6.07) is 7.90. The van der Waals surface area contributed by atoms with E-state index >= 15 is 0 Å². The number of hydrogen-bond acceptors (Lipinski definition) is 1. The predicted molar refractivity (Wildman–Crippen MR) is 71.6 cm³/mol. The first-order valence-electron chi connectivity index (χ1n) is 4.87. The maximum Gasteiger partial charge on any atom is 0.265 e. The summed E-state index contributed by atoms with van der Waals surface area (Å²) >= 11 is 6.47. The molecule has 0 saturated carbocycles. The van der Waals surface area contributed by atoms with Gasteiger partial charge in [-0.25, -0.2) is 4.39 Å². The van der Waals surface area contributed by atoms with Crippen molar-refractivity contribution >= 4 is 31.9 Å². The SMILES string of the molecule is O=c1c(Br)cccn1Cc1ccc(F)cc1Br. The number of pyridine rings is 1. The molecule has 1 aromatic heterocycles. The Morgan fingerprint density at radius 1 is 1.18 bits per heavy atom. The molecule has 0 N–H and O–H groups in total. The van der Waals surface area contributed by atoms with E-state index in [2.05, 4.69) is 31.9 Å². The first-order valence-corrected chi connectivity index (χ1v) is 6.45. The highest BCUT2D eigenvalue weighted by atomic mass is 79.9. The highest BCUT2D eigenvalue weighted by Crippen LogP contribution is 2.18. The van der Waals surface area contributed by atoms with Crippen LogP contribution in [-0.4, -0.2) is 4.57 Å². The van der Waals surface area contributed by atoms with E-state index in [1.807, 2.05) is 0 Å². The molecule has 0 saturated heterocycles. The Balaban J connectivity index is 2.38. The zero-order valence-electron chi connectivity index (χ0n) is 8.66. The maximum absolute atomic E-state index is 12.9. The van der Waals surface area contributed by atoms with Crippen molar-refractivity contribution in [3.05, 3.63) is 67.2 Å². The molecule has 0 amide bonds. The summed E-state index contributed by atoms with van der Waals surface area (Å²) in [5, 5.41) is 0. The van der Waals surface area contributed by atoms with Gasteiger partial charge in [0.2, 0.25) is 0 Å². The molecule has 0 unspecified atom stereocenters. The molecule has 0 spiro atoms. The number of benzene rings is 1. The molecule has 2 rings (SSSR count). The summed E-state index contributed by atoms with van der Waals surface area (Å²) < 4.78 is 15.7. The second-order valence-electron chi connectivity index (χ2n) is 3.52. The number of rotatable bonds is 2. The molecule has 0 atom stereocenters. The Bertz CT molecular complexity index is 610. The lowest BCUT2D eigenvalue weighted by Crippen LogP contribution is -2.20. The Labute approximate surface area is 114 Å². The van der Waals surface area contributed by atoms with Crippen molar-refractivity contribution in [2.75, 3.05) is 0 Å². The molecule has 5 heteroatoms. The van der Waals surface area contributed by atoms with Crippen molar-refractivity contribution < 1.29 is 4.39 Å². The van der Waals surface area contributed by atoms with Gasteiger partial charge in [0.05, 0.1) is 11.0 Å². The third kappa shape index (κ3) is 2.84. The van der Waals surface area contributed by atoms with Crippen LogP contribution in [0.1, 0.15) is 5.56 Å². The quantitative estimate of drug-likeness (QED) is 0.802. The first kappa shape index (κ1) is 12.5. The maximum atomic E-state index is 12.9. The third-order valence-electron chi connectivity index (χ3n) is 2.33. The molecule has 0 bridgehead atoms. The van der Waals surface area contributed by atoms with Gasteiger partial charge in [-0.05, 0) is 45.8 Å². The van der Waals surface area contributed by atoms with E-state index in [1.54, 1.807) is 29.0 Å². The van der Waals surface area contributed by atoms with Crippen LogP contribution in [0, 0.1) is 5.82 Å². The van der Waals surface area contributed by atoms with Crippen LogP contribution in [0.25, 0.3) is 0 Å². The van der Waals surface area contributed by atoms with E-state index in [0.29, 0.717) is 15.5 Å². The molecule has 17 heavy (non-hydrogen) atoms. The Morgan fingerprint density at radius 3 is 2.65 bits per heavy atom. The van der Waals surface area contributed by atoms with Crippen molar-refractivity contribution in [3.8, 4) is 0 Å². The summed E-state index contributed by atoms with van der Waals surface area (Å²) in [5.41, 5.74) is 0.746. The van der Waals surface area contributed by atoms with Crippen molar-refractivity contribution in [1.82, 2.24) is 4.57 Å². The average Bonchev–Trinajstić information content (AvgIpc) is 2.28.